The zero-order chi connectivity index (χ0) is 21.6. The van der Waals surface area contributed by atoms with E-state index in [-0.39, 0.29) is 24.0 Å². The van der Waals surface area contributed by atoms with Crippen LogP contribution in [0.3, 0.4) is 0 Å². The summed E-state index contributed by atoms with van der Waals surface area (Å²) >= 11 is 0. The molecule has 1 aromatic heterocycles. The summed E-state index contributed by atoms with van der Waals surface area (Å²) in [5.41, 5.74) is 1.68. The molecule has 4 rings (SSSR count). The van der Waals surface area contributed by atoms with E-state index in [0.29, 0.717) is 18.2 Å². The molecule has 2 aliphatic heterocycles. The quantitative estimate of drug-likeness (QED) is 0.719. The van der Waals surface area contributed by atoms with Gasteiger partial charge in [0, 0.05) is 39.0 Å². The van der Waals surface area contributed by atoms with Crippen LogP contribution in [0, 0.1) is 5.92 Å². The Labute approximate surface area is 184 Å². The molecule has 31 heavy (non-hydrogen) atoms. The van der Waals surface area contributed by atoms with Gasteiger partial charge in [-0.25, -0.2) is 0 Å². The van der Waals surface area contributed by atoms with Crippen molar-refractivity contribution < 1.29 is 14.3 Å². The van der Waals surface area contributed by atoms with Gasteiger partial charge in [-0.15, -0.1) is 0 Å². The van der Waals surface area contributed by atoms with Crippen molar-refractivity contribution >= 4 is 11.8 Å². The van der Waals surface area contributed by atoms with Crippen molar-refractivity contribution in [1.29, 1.82) is 0 Å². The number of ether oxygens (including phenoxy) is 1. The first kappa shape index (κ1) is 21.5. The maximum absolute atomic E-state index is 13.1. The molecule has 164 valence electrons. The number of carbonyl (C=O) groups is 2. The molecule has 2 atom stereocenters. The molecule has 0 radical (unpaired) electrons. The van der Waals surface area contributed by atoms with Crippen LogP contribution in [0.15, 0.2) is 54.7 Å². The SMILES string of the molecule is CN(C(=O)c1ccccn1)[C@@H](Cc1ccccc1)C1CCN(C(=O)[C@@H]2CCCO2)CC1. The van der Waals surface area contributed by atoms with Gasteiger partial charge in [0.05, 0.1) is 0 Å². The largest absolute Gasteiger partial charge is 0.368 e. The Hall–Kier alpha value is -2.73. The summed E-state index contributed by atoms with van der Waals surface area (Å²) in [5.74, 6) is 0.402. The van der Waals surface area contributed by atoms with Crippen LogP contribution in [0.2, 0.25) is 0 Å². The molecule has 0 aliphatic carbocycles. The second-order valence-corrected chi connectivity index (χ2v) is 8.55. The number of benzene rings is 1. The maximum atomic E-state index is 13.1. The number of pyridine rings is 1. The van der Waals surface area contributed by atoms with E-state index in [0.717, 1.165) is 45.2 Å². The minimum Gasteiger partial charge on any atom is -0.368 e. The first-order valence-electron chi connectivity index (χ1n) is 11.3. The number of likely N-dealkylation sites (tertiary alicyclic amines) is 1. The molecule has 2 fully saturated rings. The van der Waals surface area contributed by atoms with Gasteiger partial charge in [0.15, 0.2) is 0 Å². The first-order chi connectivity index (χ1) is 15.1. The van der Waals surface area contributed by atoms with E-state index in [4.69, 9.17) is 4.74 Å². The first-order valence-corrected chi connectivity index (χ1v) is 11.3. The summed E-state index contributed by atoms with van der Waals surface area (Å²) in [6.07, 6.45) is 5.75. The third-order valence-corrected chi connectivity index (χ3v) is 6.59. The van der Waals surface area contributed by atoms with Gasteiger partial charge in [0.2, 0.25) is 0 Å². The molecule has 0 unspecified atom stereocenters. The Morgan fingerprint density at radius 2 is 1.84 bits per heavy atom. The van der Waals surface area contributed by atoms with Crippen LogP contribution in [-0.4, -0.2) is 65.5 Å². The van der Waals surface area contributed by atoms with E-state index in [9.17, 15) is 9.59 Å². The molecule has 0 bridgehead atoms. The van der Waals surface area contributed by atoms with E-state index in [1.807, 2.05) is 47.2 Å². The lowest BCUT2D eigenvalue weighted by atomic mass is 9.84. The maximum Gasteiger partial charge on any atom is 0.272 e. The van der Waals surface area contributed by atoms with Gasteiger partial charge in [0.25, 0.3) is 11.8 Å². The van der Waals surface area contributed by atoms with Crippen LogP contribution in [0.1, 0.15) is 41.7 Å². The standard InChI is InChI=1S/C25H31N3O3/c1-27(24(29)21-10-5-6-14-26-21)22(18-19-8-3-2-4-9-19)20-12-15-28(16-13-20)25(30)23-11-7-17-31-23/h2-6,8-10,14,20,22-23H,7,11-13,15-18H2,1H3/t22-,23-/m0/s1. The molecule has 2 aromatic rings. The second-order valence-electron chi connectivity index (χ2n) is 8.55. The van der Waals surface area contributed by atoms with Gasteiger partial charge in [-0.1, -0.05) is 36.4 Å². The number of hydrogen-bond acceptors (Lipinski definition) is 4. The zero-order valence-electron chi connectivity index (χ0n) is 18.2. The summed E-state index contributed by atoms with van der Waals surface area (Å²) in [5, 5.41) is 0. The third-order valence-electron chi connectivity index (χ3n) is 6.59. The number of rotatable bonds is 6. The summed E-state index contributed by atoms with van der Waals surface area (Å²) in [6, 6.07) is 15.8. The molecule has 2 amide bonds. The topological polar surface area (TPSA) is 62.7 Å². The summed E-state index contributed by atoms with van der Waals surface area (Å²) < 4.78 is 5.59. The van der Waals surface area contributed by atoms with Gasteiger partial charge in [-0.3, -0.25) is 14.6 Å². The number of likely N-dealkylation sites (N-methyl/N-ethyl adjacent to an activating group) is 1. The molecular weight excluding hydrogens is 390 g/mol. The highest BCUT2D eigenvalue weighted by atomic mass is 16.5. The van der Waals surface area contributed by atoms with E-state index >= 15 is 0 Å². The molecule has 6 nitrogen and oxygen atoms in total. The van der Waals surface area contributed by atoms with Gasteiger partial charge < -0.3 is 14.5 Å². The van der Waals surface area contributed by atoms with Gasteiger partial charge >= 0.3 is 0 Å². The van der Waals surface area contributed by atoms with Crippen molar-refractivity contribution in [3.05, 3.63) is 66.0 Å². The molecule has 3 heterocycles. The molecule has 0 saturated carbocycles. The number of carbonyl (C=O) groups excluding carboxylic acids is 2. The minimum absolute atomic E-state index is 0.0527. The highest BCUT2D eigenvalue weighted by molar-refractivity contribution is 5.92. The molecule has 6 heteroatoms. The van der Waals surface area contributed by atoms with Gasteiger partial charge in [0.1, 0.15) is 11.8 Å². The van der Waals surface area contributed by atoms with Crippen LogP contribution in [0.4, 0.5) is 0 Å². The van der Waals surface area contributed by atoms with Crippen molar-refractivity contribution in [2.45, 2.75) is 44.2 Å². The van der Waals surface area contributed by atoms with E-state index in [1.165, 1.54) is 5.56 Å². The minimum atomic E-state index is -0.259. The van der Waals surface area contributed by atoms with Crippen LogP contribution in [-0.2, 0) is 16.0 Å². The zero-order valence-corrected chi connectivity index (χ0v) is 18.2. The molecule has 0 spiro atoms. The highest BCUT2D eigenvalue weighted by Gasteiger charge is 2.35. The fraction of sp³-hybridized carbons (Fsp3) is 0.480. The van der Waals surface area contributed by atoms with Crippen molar-refractivity contribution in [2.75, 3.05) is 26.7 Å². The predicted molar refractivity (Wildman–Crippen MR) is 119 cm³/mol. The summed E-state index contributed by atoms with van der Waals surface area (Å²) in [6.45, 7) is 2.13. The van der Waals surface area contributed by atoms with E-state index < -0.39 is 0 Å². The van der Waals surface area contributed by atoms with Crippen LogP contribution in [0.25, 0.3) is 0 Å². The number of hydrogen-bond donors (Lipinski definition) is 0. The van der Waals surface area contributed by atoms with Crippen LogP contribution >= 0.6 is 0 Å². The smallest absolute Gasteiger partial charge is 0.272 e. The van der Waals surface area contributed by atoms with E-state index in [2.05, 4.69) is 17.1 Å². The second kappa shape index (κ2) is 10.1. The van der Waals surface area contributed by atoms with Crippen LogP contribution < -0.4 is 0 Å². The fourth-order valence-corrected chi connectivity index (χ4v) is 4.78. The summed E-state index contributed by atoms with van der Waals surface area (Å²) in [4.78, 5) is 33.9. The third kappa shape index (κ3) is 5.13. The van der Waals surface area contributed by atoms with Crippen molar-refractivity contribution in [3.63, 3.8) is 0 Å². The average molecular weight is 422 g/mol. The van der Waals surface area contributed by atoms with Crippen molar-refractivity contribution in [2.24, 2.45) is 5.92 Å². The lowest BCUT2D eigenvalue weighted by Crippen LogP contribution is -2.50. The van der Waals surface area contributed by atoms with Crippen molar-refractivity contribution in [3.8, 4) is 0 Å². The monoisotopic (exact) mass is 421 g/mol. The number of aromatic nitrogens is 1. The average Bonchev–Trinajstić information content (AvgIpc) is 3.38. The lowest BCUT2D eigenvalue weighted by Gasteiger charge is -2.40. The molecule has 2 saturated heterocycles. The predicted octanol–water partition coefficient (Wildman–Crippen LogP) is 3.18. The fourth-order valence-electron chi connectivity index (χ4n) is 4.78. The molecular formula is C25H31N3O3. The van der Waals surface area contributed by atoms with Crippen LogP contribution in [0.5, 0.6) is 0 Å². The molecule has 2 aliphatic rings. The Morgan fingerprint density at radius 3 is 2.48 bits per heavy atom. The Balaban J connectivity index is 1.47. The number of piperidine rings is 1. The lowest BCUT2D eigenvalue weighted by molar-refractivity contribution is -0.142. The Morgan fingerprint density at radius 1 is 1.10 bits per heavy atom. The van der Waals surface area contributed by atoms with Gasteiger partial charge in [-0.2, -0.15) is 0 Å². The Kier molecular flexibility index (Phi) is 6.97. The van der Waals surface area contributed by atoms with Crippen molar-refractivity contribution in [1.82, 2.24) is 14.8 Å². The Bertz CT molecular complexity index is 860. The summed E-state index contributed by atoms with van der Waals surface area (Å²) in [7, 11) is 1.88. The number of amides is 2. The number of nitrogens with zero attached hydrogens (tertiary/aromatic N) is 3. The van der Waals surface area contributed by atoms with E-state index in [1.54, 1.807) is 12.3 Å². The highest BCUT2D eigenvalue weighted by Crippen LogP contribution is 2.28. The molecule has 0 N–H and O–H groups in total. The normalized spacial score (nSPS) is 20.4. The van der Waals surface area contributed by atoms with Gasteiger partial charge in [-0.05, 0) is 55.7 Å². The molecule has 1 aromatic carbocycles.